The number of rotatable bonds is 12. The van der Waals surface area contributed by atoms with E-state index in [0.29, 0.717) is 26.4 Å². The molecule has 5 heteroatoms. The van der Waals surface area contributed by atoms with E-state index >= 15 is 0 Å². The van der Waals surface area contributed by atoms with Gasteiger partial charge in [0, 0.05) is 17.0 Å². The van der Waals surface area contributed by atoms with Gasteiger partial charge < -0.3 is 23.7 Å². The van der Waals surface area contributed by atoms with E-state index < -0.39 is 0 Å². The third-order valence-corrected chi connectivity index (χ3v) is 8.50. The summed E-state index contributed by atoms with van der Waals surface area (Å²) in [7, 11) is 0. The number of hydrogen-bond donors (Lipinski definition) is 0. The van der Waals surface area contributed by atoms with E-state index in [1.165, 1.54) is 16.7 Å². The Balaban J connectivity index is 1.30. The van der Waals surface area contributed by atoms with E-state index in [-0.39, 0.29) is 19.1 Å². The molecule has 0 bridgehead atoms. The van der Waals surface area contributed by atoms with Crippen LogP contribution in [0.25, 0.3) is 32.7 Å². The predicted octanol–water partition coefficient (Wildman–Crippen LogP) is 9.00. The standard InChI is InChI=1S/C43H34O5/c1-3-22-44-24-26-46-35-16-18-37-33(28-35)14-20-39-42(37)41(32-12-10-31(11-13-32)30-8-6-5-7-9-30)43-38-19-17-36(47-27-25-45-23-4-2)29-34(38)15-21-40(43)48-39/h1-2,5-21,28-29,41H,22-27H2. The van der Waals surface area contributed by atoms with Crippen molar-refractivity contribution < 1.29 is 23.7 Å². The molecule has 0 unspecified atom stereocenters. The van der Waals surface area contributed by atoms with E-state index in [0.717, 1.165) is 55.7 Å². The Morgan fingerprint density at radius 1 is 0.542 bits per heavy atom. The van der Waals surface area contributed by atoms with Crippen molar-refractivity contribution in [3.8, 4) is 58.8 Å². The Bertz CT molecular complexity index is 2030. The van der Waals surface area contributed by atoms with Crippen molar-refractivity contribution in [2.45, 2.75) is 5.92 Å². The molecule has 7 rings (SSSR count). The van der Waals surface area contributed by atoms with Crippen molar-refractivity contribution in [2.75, 3.05) is 39.6 Å². The minimum Gasteiger partial charge on any atom is -0.491 e. The first-order valence-corrected chi connectivity index (χ1v) is 16.0. The van der Waals surface area contributed by atoms with Crippen molar-refractivity contribution in [3.63, 3.8) is 0 Å². The van der Waals surface area contributed by atoms with E-state index in [1.807, 2.05) is 18.2 Å². The smallest absolute Gasteiger partial charge is 0.132 e. The van der Waals surface area contributed by atoms with Crippen LogP contribution >= 0.6 is 0 Å². The molecule has 5 nitrogen and oxygen atoms in total. The summed E-state index contributed by atoms with van der Waals surface area (Å²) in [6, 6.07) is 40.1. The number of fused-ring (bicyclic) bond motifs is 6. The summed E-state index contributed by atoms with van der Waals surface area (Å²) in [5.41, 5.74) is 5.77. The highest BCUT2D eigenvalue weighted by Crippen LogP contribution is 2.52. The molecule has 6 aromatic rings. The van der Waals surface area contributed by atoms with Gasteiger partial charge in [-0.2, -0.15) is 0 Å². The molecular weight excluding hydrogens is 596 g/mol. The quantitative estimate of drug-likeness (QED) is 0.0996. The molecule has 0 amide bonds. The Hall–Kier alpha value is -5.72. The fourth-order valence-electron chi connectivity index (χ4n) is 6.37. The number of ether oxygens (including phenoxy) is 5. The minimum atomic E-state index is -0.0890. The third kappa shape index (κ3) is 6.43. The highest BCUT2D eigenvalue weighted by Gasteiger charge is 2.32. The van der Waals surface area contributed by atoms with Crippen LogP contribution in [-0.2, 0) is 9.47 Å². The first kappa shape index (κ1) is 30.9. The number of terminal acetylenes is 2. The fraction of sp³-hybridized carbons (Fsp3) is 0.163. The van der Waals surface area contributed by atoms with Crippen LogP contribution in [0.3, 0.4) is 0 Å². The van der Waals surface area contributed by atoms with Crippen LogP contribution in [0.2, 0.25) is 0 Å². The van der Waals surface area contributed by atoms with Gasteiger partial charge in [-0.3, -0.25) is 0 Å². The van der Waals surface area contributed by atoms with E-state index in [9.17, 15) is 0 Å². The highest BCUT2D eigenvalue weighted by atomic mass is 16.5. The van der Waals surface area contributed by atoms with Crippen molar-refractivity contribution >= 4 is 21.5 Å². The summed E-state index contributed by atoms with van der Waals surface area (Å²) in [5.74, 6) is 8.10. The molecule has 1 aliphatic heterocycles. The average molecular weight is 631 g/mol. The zero-order valence-corrected chi connectivity index (χ0v) is 26.5. The third-order valence-electron chi connectivity index (χ3n) is 8.50. The number of hydrogen-bond acceptors (Lipinski definition) is 5. The average Bonchev–Trinajstić information content (AvgIpc) is 3.14. The molecule has 1 heterocycles. The van der Waals surface area contributed by atoms with Gasteiger partial charge >= 0.3 is 0 Å². The zero-order chi connectivity index (χ0) is 32.7. The highest BCUT2D eigenvalue weighted by molar-refractivity contribution is 5.96. The molecular formula is C43H34O5. The number of benzene rings is 6. The van der Waals surface area contributed by atoms with Crippen molar-refractivity contribution in [3.05, 3.63) is 132 Å². The van der Waals surface area contributed by atoms with Crippen LogP contribution in [-0.4, -0.2) is 39.6 Å². The van der Waals surface area contributed by atoms with Gasteiger partial charge in [0.15, 0.2) is 0 Å². The molecule has 0 fully saturated rings. The van der Waals surface area contributed by atoms with E-state index in [2.05, 4.69) is 109 Å². The van der Waals surface area contributed by atoms with Gasteiger partial charge in [0.2, 0.25) is 0 Å². The van der Waals surface area contributed by atoms with Gasteiger partial charge in [0.05, 0.1) is 13.2 Å². The molecule has 0 N–H and O–H groups in total. The summed E-state index contributed by atoms with van der Waals surface area (Å²) < 4.78 is 29.4. The van der Waals surface area contributed by atoms with Gasteiger partial charge in [0.1, 0.15) is 49.4 Å². The maximum atomic E-state index is 6.68. The van der Waals surface area contributed by atoms with Gasteiger partial charge in [-0.15, -0.1) is 12.8 Å². The Kier molecular flexibility index (Phi) is 9.25. The van der Waals surface area contributed by atoms with E-state index in [1.54, 1.807) is 0 Å². The van der Waals surface area contributed by atoms with Crippen LogP contribution < -0.4 is 14.2 Å². The molecule has 0 saturated heterocycles. The van der Waals surface area contributed by atoms with Gasteiger partial charge in [-0.05, 0) is 74.6 Å². The molecule has 1 aliphatic rings. The SMILES string of the molecule is C#CCOCCOc1ccc2c3c(ccc2c1)Oc1ccc2cc(OCCOCC#C)ccc2c1C3c1ccc(-c2ccccc2)cc1. The molecule has 0 spiro atoms. The second kappa shape index (κ2) is 14.4. The van der Waals surface area contributed by atoms with Crippen LogP contribution in [0, 0.1) is 24.7 Å². The van der Waals surface area contributed by atoms with Gasteiger partial charge in [-0.1, -0.05) is 90.7 Å². The first-order valence-electron chi connectivity index (χ1n) is 16.0. The van der Waals surface area contributed by atoms with Crippen molar-refractivity contribution in [1.82, 2.24) is 0 Å². The van der Waals surface area contributed by atoms with Gasteiger partial charge in [0.25, 0.3) is 0 Å². The van der Waals surface area contributed by atoms with E-state index in [4.69, 9.17) is 36.5 Å². The predicted molar refractivity (Wildman–Crippen MR) is 191 cm³/mol. The fourth-order valence-corrected chi connectivity index (χ4v) is 6.37. The monoisotopic (exact) mass is 630 g/mol. The largest absolute Gasteiger partial charge is 0.491 e. The topological polar surface area (TPSA) is 46.2 Å². The normalized spacial score (nSPS) is 12.0. The summed E-state index contributed by atoms with van der Waals surface area (Å²) in [6.07, 6.45) is 10.6. The molecule has 0 radical (unpaired) electrons. The summed E-state index contributed by atoms with van der Waals surface area (Å²) >= 11 is 0. The molecule has 48 heavy (non-hydrogen) atoms. The molecule has 6 aromatic carbocycles. The molecule has 0 aromatic heterocycles. The van der Waals surface area contributed by atoms with Crippen molar-refractivity contribution in [1.29, 1.82) is 0 Å². The maximum Gasteiger partial charge on any atom is 0.132 e. The molecule has 0 saturated carbocycles. The Morgan fingerprint density at radius 3 is 1.58 bits per heavy atom. The second-order valence-corrected chi connectivity index (χ2v) is 11.5. The van der Waals surface area contributed by atoms with Gasteiger partial charge in [-0.25, -0.2) is 0 Å². The lowest BCUT2D eigenvalue weighted by atomic mass is 9.78. The second-order valence-electron chi connectivity index (χ2n) is 11.5. The molecule has 236 valence electrons. The molecule has 0 atom stereocenters. The van der Waals surface area contributed by atoms with Crippen molar-refractivity contribution in [2.24, 2.45) is 0 Å². The lowest BCUT2D eigenvalue weighted by molar-refractivity contribution is 0.124. The Morgan fingerprint density at radius 2 is 1.06 bits per heavy atom. The molecule has 0 aliphatic carbocycles. The first-order chi connectivity index (χ1) is 23.7. The zero-order valence-electron chi connectivity index (χ0n) is 26.5. The summed E-state index contributed by atoms with van der Waals surface area (Å²) in [4.78, 5) is 0. The van der Waals surface area contributed by atoms with Crippen LogP contribution in [0.15, 0.2) is 115 Å². The summed E-state index contributed by atoms with van der Waals surface area (Å²) in [5, 5.41) is 4.35. The minimum absolute atomic E-state index is 0.0890. The lowest BCUT2D eigenvalue weighted by Gasteiger charge is -2.31. The maximum absolute atomic E-state index is 6.68. The van der Waals surface area contributed by atoms with Crippen LogP contribution in [0.5, 0.6) is 23.0 Å². The lowest BCUT2D eigenvalue weighted by Crippen LogP contribution is -2.13. The Labute approximate surface area is 281 Å². The summed E-state index contributed by atoms with van der Waals surface area (Å²) in [6.45, 7) is 2.23. The van der Waals surface area contributed by atoms with Crippen LogP contribution in [0.1, 0.15) is 22.6 Å². The van der Waals surface area contributed by atoms with Crippen LogP contribution in [0.4, 0.5) is 0 Å².